The zero-order valence-electron chi connectivity index (χ0n) is 17.6. The van der Waals surface area contributed by atoms with E-state index in [0.717, 1.165) is 35.1 Å². The van der Waals surface area contributed by atoms with Gasteiger partial charge < -0.3 is 15.2 Å². The van der Waals surface area contributed by atoms with Gasteiger partial charge in [-0.3, -0.25) is 9.59 Å². The molecule has 1 aliphatic heterocycles. The van der Waals surface area contributed by atoms with Crippen molar-refractivity contribution in [2.45, 2.75) is 31.6 Å². The molecule has 1 fully saturated rings. The lowest BCUT2D eigenvalue weighted by atomic mass is 9.86. The number of primary amides is 1. The highest BCUT2D eigenvalue weighted by Gasteiger charge is 2.50. The molecule has 0 radical (unpaired) electrons. The summed E-state index contributed by atoms with van der Waals surface area (Å²) in [5.41, 5.74) is 8.98. The van der Waals surface area contributed by atoms with E-state index in [2.05, 4.69) is 0 Å². The molecule has 2 N–H and O–H groups in total. The molecular formula is C26H26FNO4. The third-order valence-electron chi connectivity index (χ3n) is 6.42. The lowest BCUT2D eigenvalue weighted by Gasteiger charge is -2.16. The maximum Gasteiger partial charge on any atom is 0.251 e. The monoisotopic (exact) mass is 435 g/mol. The quantitative estimate of drug-likeness (QED) is 0.593. The maximum atomic E-state index is 13.9. The van der Waals surface area contributed by atoms with Crippen molar-refractivity contribution in [2.75, 3.05) is 6.79 Å². The lowest BCUT2D eigenvalue weighted by Crippen LogP contribution is -2.22. The minimum absolute atomic E-state index is 0. The van der Waals surface area contributed by atoms with E-state index in [1.807, 2.05) is 43.3 Å². The predicted molar refractivity (Wildman–Crippen MR) is 122 cm³/mol. The first-order chi connectivity index (χ1) is 15.4. The van der Waals surface area contributed by atoms with Gasteiger partial charge in [0.15, 0.2) is 11.5 Å². The molecule has 3 aromatic carbocycles. The van der Waals surface area contributed by atoms with Crippen LogP contribution in [0.15, 0.2) is 54.6 Å². The van der Waals surface area contributed by atoms with Crippen LogP contribution in [0.2, 0.25) is 0 Å². The number of ether oxygens (including phenoxy) is 2. The Balaban J connectivity index is 0.00000162. The number of nitrogens with two attached hydrogens (primary N) is 1. The molecule has 0 unspecified atom stereocenters. The van der Waals surface area contributed by atoms with Crippen LogP contribution < -0.4 is 15.2 Å². The van der Waals surface area contributed by atoms with Gasteiger partial charge in [0.25, 0.3) is 5.91 Å². The van der Waals surface area contributed by atoms with Gasteiger partial charge in [-0.25, -0.2) is 4.39 Å². The largest absolute Gasteiger partial charge is 0.454 e. The van der Waals surface area contributed by atoms with Crippen LogP contribution in [0.3, 0.4) is 0 Å². The molecule has 2 aliphatic rings. The second-order valence-corrected chi connectivity index (χ2v) is 8.46. The van der Waals surface area contributed by atoms with Crippen molar-refractivity contribution >= 4 is 11.7 Å². The third-order valence-corrected chi connectivity index (χ3v) is 6.42. The van der Waals surface area contributed by atoms with Crippen molar-refractivity contribution < 1.29 is 26.3 Å². The highest BCUT2D eigenvalue weighted by molar-refractivity contribution is 5.96. The molecule has 0 spiro atoms. The SMILES string of the molecule is Cc1ccc(CC(=O)C2(c3ccc4c(c3)OCO4)CC2)cc1-c1ccc(F)c(C(N)=O)c1.[HH].[HH]. The predicted octanol–water partition coefficient (Wildman–Crippen LogP) is 4.96. The Labute approximate surface area is 187 Å². The van der Waals surface area contributed by atoms with Crippen molar-refractivity contribution in [3.05, 3.63) is 82.7 Å². The van der Waals surface area contributed by atoms with E-state index in [0.29, 0.717) is 17.1 Å². The molecule has 1 aliphatic carbocycles. The van der Waals surface area contributed by atoms with Crippen LogP contribution in [0.5, 0.6) is 11.5 Å². The number of hydrogen-bond donors (Lipinski definition) is 1. The van der Waals surface area contributed by atoms with Crippen molar-refractivity contribution in [1.82, 2.24) is 0 Å². The zero-order valence-corrected chi connectivity index (χ0v) is 17.6. The maximum absolute atomic E-state index is 13.9. The Kier molecular flexibility index (Phi) is 4.73. The van der Waals surface area contributed by atoms with E-state index in [1.165, 1.54) is 12.1 Å². The third kappa shape index (κ3) is 3.42. The fourth-order valence-electron chi connectivity index (χ4n) is 4.37. The summed E-state index contributed by atoms with van der Waals surface area (Å²) >= 11 is 0. The summed E-state index contributed by atoms with van der Waals surface area (Å²) < 4.78 is 24.8. The number of carbonyl (C=O) groups is 2. The number of Topliss-reactive ketones (excluding diaryl/α,β-unsaturated/α-hetero) is 1. The number of aryl methyl sites for hydroxylation is 1. The minimum atomic E-state index is -0.812. The Morgan fingerprint density at radius 2 is 1.81 bits per heavy atom. The van der Waals surface area contributed by atoms with Crippen LogP contribution in [-0.4, -0.2) is 18.5 Å². The second-order valence-electron chi connectivity index (χ2n) is 8.46. The summed E-state index contributed by atoms with van der Waals surface area (Å²) in [7, 11) is 0. The Bertz CT molecular complexity index is 1270. The van der Waals surface area contributed by atoms with Crippen LogP contribution in [0.4, 0.5) is 4.39 Å². The van der Waals surface area contributed by atoms with Gasteiger partial charge >= 0.3 is 0 Å². The van der Waals surface area contributed by atoms with E-state index in [1.54, 1.807) is 6.07 Å². The van der Waals surface area contributed by atoms with Gasteiger partial charge in [-0.15, -0.1) is 0 Å². The molecule has 6 heteroatoms. The van der Waals surface area contributed by atoms with Crippen LogP contribution in [0.25, 0.3) is 11.1 Å². The van der Waals surface area contributed by atoms with Crippen LogP contribution in [0, 0.1) is 12.7 Å². The zero-order chi connectivity index (χ0) is 22.5. The Morgan fingerprint density at radius 3 is 2.56 bits per heavy atom. The van der Waals surface area contributed by atoms with E-state index >= 15 is 0 Å². The van der Waals surface area contributed by atoms with Crippen molar-refractivity contribution in [1.29, 1.82) is 0 Å². The van der Waals surface area contributed by atoms with E-state index in [9.17, 15) is 14.0 Å². The lowest BCUT2D eigenvalue weighted by molar-refractivity contribution is -0.120. The molecule has 0 bridgehead atoms. The smallest absolute Gasteiger partial charge is 0.251 e. The topological polar surface area (TPSA) is 78.6 Å². The molecule has 1 heterocycles. The molecule has 1 saturated carbocycles. The summed E-state index contributed by atoms with van der Waals surface area (Å²) in [6, 6.07) is 15.8. The minimum Gasteiger partial charge on any atom is -0.454 e. The molecule has 0 atom stereocenters. The summed E-state index contributed by atoms with van der Waals surface area (Å²) in [5, 5.41) is 0. The van der Waals surface area contributed by atoms with Gasteiger partial charge in [-0.2, -0.15) is 0 Å². The number of halogens is 1. The van der Waals surface area contributed by atoms with Crippen molar-refractivity contribution in [2.24, 2.45) is 5.73 Å². The number of benzene rings is 3. The number of carbonyl (C=O) groups excluding carboxylic acids is 2. The molecule has 32 heavy (non-hydrogen) atoms. The number of fused-ring (bicyclic) bond motifs is 1. The number of rotatable bonds is 6. The highest BCUT2D eigenvalue weighted by Crippen LogP contribution is 2.51. The molecule has 0 saturated heterocycles. The number of ketones is 1. The first-order valence-corrected chi connectivity index (χ1v) is 10.5. The second kappa shape index (κ2) is 7.48. The number of amides is 1. The summed E-state index contributed by atoms with van der Waals surface area (Å²) in [6.07, 6.45) is 1.90. The number of hydrogen-bond acceptors (Lipinski definition) is 4. The first kappa shape index (κ1) is 20.2. The first-order valence-electron chi connectivity index (χ1n) is 10.5. The molecular weight excluding hydrogens is 409 g/mol. The van der Waals surface area contributed by atoms with E-state index < -0.39 is 17.1 Å². The van der Waals surface area contributed by atoms with Gasteiger partial charge in [0.1, 0.15) is 11.6 Å². The molecule has 5 nitrogen and oxygen atoms in total. The van der Waals surface area contributed by atoms with Crippen molar-refractivity contribution in [3.8, 4) is 22.6 Å². The average molecular weight is 435 g/mol. The van der Waals surface area contributed by atoms with Crippen LogP contribution >= 0.6 is 0 Å². The van der Waals surface area contributed by atoms with Gasteiger partial charge in [0, 0.05) is 9.27 Å². The fraction of sp³-hybridized carbons (Fsp3) is 0.231. The molecule has 166 valence electrons. The molecule has 1 amide bonds. The summed E-state index contributed by atoms with van der Waals surface area (Å²) in [6.45, 7) is 2.13. The highest BCUT2D eigenvalue weighted by atomic mass is 19.1. The fourth-order valence-corrected chi connectivity index (χ4v) is 4.37. The molecule has 0 aromatic heterocycles. The standard InChI is InChI=1S/C26H22FNO4.2H2/c1-15-2-3-16(10-19(15)17-4-6-21(27)20(12-17)25(28)30)11-24(29)26(8-9-26)18-5-7-22-23(13-18)32-14-31-22;;/h2-7,10,12-13H,8-9,11,14H2,1H3,(H2,28,30);2*1H. The van der Waals surface area contributed by atoms with Crippen LogP contribution in [0.1, 0.15) is 42.7 Å². The van der Waals surface area contributed by atoms with Gasteiger partial charge in [-0.1, -0.05) is 30.3 Å². The van der Waals surface area contributed by atoms with E-state index in [-0.39, 0.29) is 27.4 Å². The summed E-state index contributed by atoms with van der Waals surface area (Å²) in [5.74, 6) is 0.0797. The average Bonchev–Trinajstić information content (AvgIpc) is 3.46. The Hall–Kier alpha value is -3.67. The van der Waals surface area contributed by atoms with E-state index in [4.69, 9.17) is 15.2 Å². The molecule has 5 rings (SSSR count). The van der Waals surface area contributed by atoms with Gasteiger partial charge in [0.05, 0.1) is 11.0 Å². The summed E-state index contributed by atoms with van der Waals surface area (Å²) in [4.78, 5) is 24.9. The normalized spacial score (nSPS) is 15.4. The van der Waals surface area contributed by atoms with Crippen LogP contribution in [-0.2, 0) is 16.6 Å². The van der Waals surface area contributed by atoms with Crippen molar-refractivity contribution in [3.63, 3.8) is 0 Å². The molecule has 3 aromatic rings. The van der Waals surface area contributed by atoms with Gasteiger partial charge in [-0.05, 0) is 71.8 Å². The Morgan fingerprint density at radius 1 is 1.03 bits per heavy atom. The van der Waals surface area contributed by atoms with Gasteiger partial charge in [0.2, 0.25) is 6.79 Å².